The van der Waals surface area contributed by atoms with Crippen molar-refractivity contribution in [3.63, 3.8) is 0 Å². The zero-order valence-electron chi connectivity index (χ0n) is 16.5. The molecular formula is C23H20N2O5. The Morgan fingerprint density at radius 1 is 0.967 bits per heavy atom. The van der Waals surface area contributed by atoms with Crippen molar-refractivity contribution in [1.82, 2.24) is 0 Å². The third-order valence-electron chi connectivity index (χ3n) is 4.57. The van der Waals surface area contributed by atoms with Crippen LogP contribution in [0.2, 0.25) is 0 Å². The van der Waals surface area contributed by atoms with E-state index in [2.05, 4.69) is 10.5 Å². The highest BCUT2D eigenvalue weighted by Gasteiger charge is 2.14. The quantitative estimate of drug-likeness (QED) is 0.360. The number of fused-ring (bicyclic) bond motifs is 3. The van der Waals surface area contributed by atoms with Gasteiger partial charge in [0, 0.05) is 22.4 Å². The van der Waals surface area contributed by atoms with Crippen molar-refractivity contribution in [3.8, 4) is 11.5 Å². The van der Waals surface area contributed by atoms with Gasteiger partial charge < -0.3 is 24.0 Å². The monoisotopic (exact) mass is 404 g/mol. The van der Waals surface area contributed by atoms with Crippen LogP contribution in [0.5, 0.6) is 11.5 Å². The maximum absolute atomic E-state index is 12.3. The van der Waals surface area contributed by atoms with Crippen molar-refractivity contribution in [3.05, 3.63) is 66.2 Å². The smallest absolute Gasteiger partial charge is 0.265 e. The van der Waals surface area contributed by atoms with E-state index >= 15 is 0 Å². The predicted octanol–water partition coefficient (Wildman–Crippen LogP) is 4.59. The topological polar surface area (TPSA) is 82.3 Å². The summed E-state index contributed by atoms with van der Waals surface area (Å²) in [5.74, 6) is 0.819. The molecule has 4 rings (SSSR count). The van der Waals surface area contributed by atoms with Gasteiger partial charge in [-0.3, -0.25) is 4.79 Å². The van der Waals surface area contributed by atoms with Crippen LogP contribution >= 0.6 is 0 Å². The fourth-order valence-corrected chi connectivity index (χ4v) is 3.17. The first-order valence-electron chi connectivity index (χ1n) is 9.27. The molecule has 0 aliphatic carbocycles. The molecule has 0 saturated carbocycles. The minimum absolute atomic E-state index is 0.257. The average Bonchev–Trinajstić information content (AvgIpc) is 3.13. The molecule has 0 saturated heterocycles. The van der Waals surface area contributed by atoms with Crippen LogP contribution in [-0.4, -0.2) is 32.9 Å². The maximum atomic E-state index is 12.3. The van der Waals surface area contributed by atoms with E-state index in [4.69, 9.17) is 18.7 Å². The second kappa shape index (κ2) is 8.57. The Balaban J connectivity index is 1.46. The molecule has 0 fully saturated rings. The largest absolute Gasteiger partial charge is 0.496 e. The van der Waals surface area contributed by atoms with E-state index in [1.807, 2.05) is 54.6 Å². The fourth-order valence-electron chi connectivity index (χ4n) is 3.17. The molecule has 4 aromatic rings. The lowest BCUT2D eigenvalue weighted by Gasteiger charge is -2.10. The molecule has 3 aromatic carbocycles. The van der Waals surface area contributed by atoms with Crippen LogP contribution < -0.4 is 14.8 Å². The minimum atomic E-state index is -0.374. The van der Waals surface area contributed by atoms with Gasteiger partial charge in [-0.25, -0.2) is 0 Å². The van der Waals surface area contributed by atoms with E-state index in [-0.39, 0.29) is 12.5 Å². The van der Waals surface area contributed by atoms with Gasteiger partial charge in [-0.05, 0) is 24.3 Å². The van der Waals surface area contributed by atoms with Gasteiger partial charge >= 0.3 is 0 Å². The Hall–Kier alpha value is -4.00. The highest BCUT2D eigenvalue weighted by molar-refractivity contribution is 6.07. The number of methoxy groups -OCH3 is 2. The second-order valence-electron chi connectivity index (χ2n) is 6.44. The number of carbonyl (C=O) groups excluding carboxylic acids is 1. The molecule has 1 heterocycles. The molecule has 0 spiro atoms. The molecule has 30 heavy (non-hydrogen) atoms. The van der Waals surface area contributed by atoms with Crippen molar-refractivity contribution in [2.75, 3.05) is 26.1 Å². The Morgan fingerprint density at radius 3 is 2.57 bits per heavy atom. The highest BCUT2D eigenvalue weighted by Crippen LogP contribution is 2.36. The molecule has 152 valence electrons. The number of hydrogen-bond donors (Lipinski definition) is 1. The average molecular weight is 404 g/mol. The number of nitrogens with zero attached hydrogens (tertiary/aromatic N) is 1. The maximum Gasteiger partial charge on any atom is 0.265 e. The molecule has 0 radical (unpaired) electrons. The number of furan rings is 1. The SMILES string of the molecule is COc1ccccc1/C=N\OCC(=O)Nc1cc2oc3ccccc3c2cc1OC. The number of amides is 1. The molecule has 0 aliphatic rings. The van der Waals surface area contributed by atoms with Gasteiger partial charge in [-0.15, -0.1) is 0 Å². The Kier molecular flexibility index (Phi) is 5.52. The van der Waals surface area contributed by atoms with Crippen molar-refractivity contribution in [2.24, 2.45) is 5.16 Å². The van der Waals surface area contributed by atoms with Crippen LogP contribution in [0.25, 0.3) is 21.9 Å². The fraction of sp³-hybridized carbons (Fsp3) is 0.130. The number of nitrogens with one attached hydrogen (secondary N) is 1. The van der Waals surface area contributed by atoms with Crippen LogP contribution in [0, 0.1) is 0 Å². The molecule has 1 N–H and O–H groups in total. The molecular weight excluding hydrogens is 384 g/mol. The van der Waals surface area contributed by atoms with E-state index in [0.717, 1.165) is 21.9 Å². The summed E-state index contributed by atoms with van der Waals surface area (Å²) in [4.78, 5) is 17.4. The number of para-hydroxylation sites is 2. The van der Waals surface area contributed by atoms with Crippen molar-refractivity contribution in [1.29, 1.82) is 0 Å². The number of carbonyl (C=O) groups is 1. The van der Waals surface area contributed by atoms with Gasteiger partial charge in [-0.2, -0.15) is 0 Å². The first-order valence-corrected chi connectivity index (χ1v) is 9.27. The van der Waals surface area contributed by atoms with Crippen LogP contribution in [0.3, 0.4) is 0 Å². The molecule has 1 aromatic heterocycles. The Labute approximate surface area is 172 Å². The number of anilines is 1. The van der Waals surface area contributed by atoms with Gasteiger partial charge in [0.1, 0.15) is 22.7 Å². The molecule has 0 atom stereocenters. The Bertz CT molecular complexity index is 1230. The van der Waals surface area contributed by atoms with E-state index in [1.165, 1.54) is 6.21 Å². The molecule has 0 bridgehead atoms. The summed E-state index contributed by atoms with van der Waals surface area (Å²) in [5, 5.41) is 8.51. The molecule has 0 aliphatic heterocycles. The van der Waals surface area contributed by atoms with E-state index in [9.17, 15) is 4.79 Å². The minimum Gasteiger partial charge on any atom is -0.496 e. The van der Waals surface area contributed by atoms with Gasteiger partial charge in [0.05, 0.1) is 26.1 Å². The molecule has 7 heteroatoms. The summed E-state index contributed by atoms with van der Waals surface area (Å²) >= 11 is 0. The number of benzene rings is 3. The van der Waals surface area contributed by atoms with Gasteiger partial charge in [-0.1, -0.05) is 35.5 Å². The lowest BCUT2D eigenvalue weighted by atomic mass is 10.1. The zero-order chi connectivity index (χ0) is 20.9. The van der Waals surface area contributed by atoms with Crippen molar-refractivity contribution in [2.45, 2.75) is 0 Å². The zero-order valence-corrected chi connectivity index (χ0v) is 16.5. The summed E-state index contributed by atoms with van der Waals surface area (Å²) in [7, 11) is 3.13. The number of ether oxygens (including phenoxy) is 2. The first-order chi connectivity index (χ1) is 14.7. The first kappa shape index (κ1) is 19.3. The van der Waals surface area contributed by atoms with Crippen LogP contribution in [-0.2, 0) is 9.63 Å². The van der Waals surface area contributed by atoms with Crippen molar-refractivity contribution >= 4 is 39.7 Å². The number of rotatable bonds is 7. The summed E-state index contributed by atoms with van der Waals surface area (Å²) in [6.07, 6.45) is 1.49. The number of hydrogen-bond acceptors (Lipinski definition) is 6. The molecule has 7 nitrogen and oxygen atoms in total. The Morgan fingerprint density at radius 2 is 1.73 bits per heavy atom. The van der Waals surface area contributed by atoms with E-state index < -0.39 is 0 Å². The molecule has 1 amide bonds. The van der Waals surface area contributed by atoms with Gasteiger partial charge in [0.15, 0.2) is 6.61 Å². The van der Waals surface area contributed by atoms with Gasteiger partial charge in [0.2, 0.25) is 0 Å². The summed E-state index contributed by atoms with van der Waals surface area (Å²) in [6, 6.07) is 18.7. The normalized spacial score (nSPS) is 11.1. The number of oxime groups is 1. The third-order valence-corrected chi connectivity index (χ3v) is 4.57. The van der Waals surface area contributed by atoms with E-state index in [1.54, 1.807) is 20.3 Å². The van der Waals surface area contributed by atoms with Crippen LogP contribution in [0.1, 0.15) is 5.56 Å². The second-order valence-corrected chi connectivity index (χ2v) is 6.44. The lowest BCUT2D eigenvalue weighted by Crippen LogP contribution is -2.17. The summed E-state index contributed by atoms with van der Waals surface area (Å²) in [6.45, 7) is -0.257. The predicted molar refractivity (Wildman–Crippen MR) is 115 cm³/mol. The summed E-state index contributed by atoms with van der Waals surface area (Å²) < 4.78 is 16.5. The van der Waals surface area contributed by atoms with Gasteiger partial charge in [0.25, 0.3) is 5.91 Å². The highest BCUT2D eigenvalue weighted by atomic mass is 16.6. The van der Waals surface area contributed by atoms with E-state index in [0.29, 0.717) is 22.8 Å². The van der Waals surface area contributed by atoms with Crippen LogP contribution in [0.4, 0.5) is 5.69 Å². The third kappa shape index (κ3) is 3.91. The summed E-state index contributed by atoms with van der Waals surface area (Å²) in [5.41, 5.74) is 2.67. The van der Waals surface area contributed by atoms with Crippen molar-refractivity contribution < 1.29 is 23.5 Å². The lowest BCUT2D eigenvalue weighted by molar-refractivity contribution is -0.120. The molecule has 0 unspecified atom stereocenters. The van der Waals surface area contributed by atoms with Crippen LogP contribution in [0.15, 0.2) is 70.2 Å². The standard InChI is InChI=1S/C23H20N2O5/c1-27-19-9-5-3-7-15(19)13-24-29-14-23(26)25-18-12-21-17(11-22(18)28-2)16-8-4-6-10-20(16)30-21/h3-13H,14H2,1-2H3,(H,25,26)/b24-13-.